The van der Waals surface area contributed by atoms with Gasteiger partial charge in [0.05, 0.1) is 0 Å². The molecule has 1 saturated carbocycles. The second-order valence-corrected chi connectivity index (χ2v) is 8.90. The smallest absolute Gasteiger partial charge is 0.261 e. The maximum Gasteiger partial charge on any atom is 0.261 e. The van der Waals surface area contributed by atoms with E-state index in [1.807, 2.05) is 36.4 Å². The van der Waals surface area contributed by atoms with Crippen LogP contribution in [0.2, 0.25) is 0 Å². The summed E-state index contributed by atoms with van der Waals surface area (Å²) in [6, 6.07) is 29.1. The number of amides is 1. The number of carbonyl (C=O) groups excluding carboxylic acids is 2. The number of alkyl halides is 1. The lowest BCUT2D eigenvalue weighted by Crippen LogP contribution is -2.47. The number of hydrogen-bond donors (Lipinski definition) is 0. The van der Waals surface area contributed by atoms with Crippen LogP contribution in [0.25, 0.3) is 0 Å². The van der Waals surface area contributed by atoms with Gasteiger partial charge in [-0.3, -0.25) is 9.59 Å². The van der Waals surface area contributed by atoms with Crippen molar-refractivity contribution in [3.8, 4) is 0 Å². The number of benzene rings is 3. The van der Waals surface area contributed by atoms with E-state index < -0.39 is 12.1 Å². The van der Waals surface area contributed by atoms with E-state index in [1.54, 1.807) is 35.2 Å². The van der Waals surface area contributed by atoms with Gasteiger partial charge in [-0.05, 0) is 23.1 Å². The molecule has 1 aliphatic heterocycles. The molecule has 32 heavy (non-hydrogen) atoms. The molecule has 3 aromatic carbocycles. The van der Waals surface area contributed by atoms with Crippen LogP contribution >= 0.6 is 0 Å². The van der Waals surface area contributed by atoms with E-state index in [0.717, 1.165) is 11.1 Å². The van der Waals surface area contributed by atoms with Crippen LogP contribution in [0, 0.1) is 11.8 Å². The molecule has 1 heterocycles. The highest BCUT2D eigenvalue weighted by molar-refractivity contribution is 5.87. The number of nitrogens with zero attached hydrogens (tertiary/aromatic N) is 1. The Bertz CT molecular complexity index is 1060. The number of rotatable bonds is 4. The lowest BCUT2D eigenvalue weighted by Gasteiger charge is -2.45. The molecule has 0 radical (unpaired) electrons. The number of likely N-dealkylation sites (tertiary alicyclic amines) is 1. The van der Waals surface area contributed by atoms with Crippen LogP contribution in [-0.4, -0.2) is 29.7 Å². The zero-order valence-corrected chi connectivity index (χ0v) is 17.9. The average molecular weight is 428 g/mol. The molecule has 0 aromatic heterocycles. The Morgan fingerprint density at radius 2 is 1.38 bits per heavy atom. The summed E-state index contributed by atoms with van der Waals surface area (Å²) in [5.41, 5.74) is 2.29. The van der Waals surface area contributed by atoms with Crippen molar-refractivity contribution in [1.29, 1.82) is 0 Å². The molecule has 0 unspecified atom stereocenters. The quantitative estimate of drug-likeness (QED) is 0.580. The lowest BCUT2D eigenvalue weighted by molar-refractivity contribution is -0.136. The predicted molar refractivity (Wildman–Crippen MR) is 122 cm³/mol. The summed E-state index contributed by atoms with van der Waals surface area (Å²) in [7, 11) is 0. The average Bonchev–Trinajstić information content (AvgIpc) is 3.32. The number of carbonyl (C=O) groups is 2. The van der Waals surface area contributed by atoms with E-state index in [9.17, 15) is 9.59 Å². The topological polar surface area (TPSA) is 37.4 Å². The highest BCUT2D eigenvalue weighted by Gasteiger charge is 2.55. The summed E-state index contributed by atoms with van der Waals surface area (Å²) < 4.78 is 15.1. The van der Waals surface area contributed by atoms with Gasteiger partial charge < -0.3 is 4.90 Å². The molecule has 2 aliphatic rings. The third kappa shape index (κ3) is 3.35. The van der Waals surface area contributed by atoms with Crippen LogP contribution in [0.1, 0.15) is 35.7 Å². The molecule has 3 nitrogen and oxygen atoms in total. The Morgan fingerprint density at radius 1 is 0.844 bits per heavy atom. The number of Topliss-reactive ketones (excluding diaryl/α,β-unsaturated/α-hetero) is 1. The molecule has 0 spiro atoms. The van der Waals surface area contributed by atoms with Crippen LogP contribution in [0.4, 0.5) is 4.39 Å². The van der Waals surface area contributed by atoms with Gasteiger partial charge in [0, 0.05) is 36.8 Å². The first-order valence-corrected chi connectivity index (χ1v) is 11.2. The molecule has 2 fully saturated rings. The molecule has 1 saturated heterocycles. The SMILES string of the molecule is O=C1CCC(c2ccccc2)(c2ccccc2)[C@@H]2CN(C(=O)[C@@H](F)c3ccccc3)C[C@H]12. The molecular weight excluding hydrogens is 401 g/mol. The van der Waals surface area contributed by atoms with E-state index in [-0.39, 0.29) is 29.6 Å². The molecule has 162 valence electrons. The molecule has 1 amide bonds. The summed E-state index contributed by atoms with van der Waals surface area (Å²) in [6.07, 6.45) is -0.555. The molecule has 3 aromatic rings. The standard InChI is InChI=1S/C28H26FNO2/c29-26(20-10-4-1-5-11-20)27(32)30-18-23-24(19-30)28(17-16-25(23)31,21-12-6-2-7-13-21)22-14-8-3-9-15-22/h1-15,23-24,26H,16-19H2/t23-,24+,26-/m0/s1. The first kappa shape index (κ1) is 20.6. The van der Waals surface area contributed by atoms with Gasteiger partial charge in [-0.15, -0.1) is 0 Å². The van der Waals surface area contributed by atoms with Gasteiger partial charge in [0.1, 0.15) is 5.78 Å². The molecule has 5 rings (SSSR count). The fraction of sp³-hybridized carbons (Fsp3) is 0.286. The van der Waals surface area contributed by atoms with E-state index in [2.05, 4.69) is 24.3 Å². The van der Waals surface area contributed by atoms with Crippen LogP contribution in [0.3, 0.4) is 0 Å². The third-order valence-corrected chi connectivity index (χ3v) is 7.33. The Morgan fingerprint density at radius 3 is 1.94 bits per heavy atom. The minimum Gasteiger partial charge on any atom is -0.339 e. The number of halogens is 1. The van der Waals surface area contributed by atoms with Crippen molar-refractivity contribution < 1.29 is 14.0 Å². The van der Waals surface area contributed by atoms with Gasteiger partial charge in [-0.25, -0.2) is 4.39 Å². The summed E-state index contributed by atoms with van der Waals surface area (Å²) in [6.45, 7) is 0.670. The van der Waals surface area contributed by atoms with Crippen LogP contribution in [0.5, 0.6) is 0 Å². The second-order valence-electron chi connectivity index (χ2n) is 8.90. The number of hydrogen-bond acceptors (Lipinski definition) is 2. The predicted octanol–water partition coefficient (Wildman–Crippen LogP) is 5.12. The minimum absolute atomic E-state index is 0.0829. The van der Waals surface area contributed by atoms with E-state index in [1.165, 1.54) is 0 Å². The Kier molecular flexibility index (Phi) is 5.38. The number of fused-ring (bicyclic) bond motifs is 1. The van der Waals surface area contributed by atoms with E-state index >= 15 is 4.39 Å². The maximum absolute atomic E-state index is 15.1. The fourth-order valence-electron chi connectivity index (χ4n) is 5.78. The van der Waals surface area contributed by atoms with Gasteiger partial charge in [0.25, 0.3) is 5.91 Å². The van der Waals surface area contributed by atoms with Crippen LogP contribution in [0.15, 0.2) is 91.0 Å². The van der Waals surface area contributed by atoms with Gasteiger partial charge in [0.2, 0.25) is 6.17 Å². The van der Waals surface area contributed by atoms with Gasteiger partial charge >= 0.3 is 0 Å². The Balaban J connectivity index is 1.54. The van der Waals surface area contributed by atoms with Crippen molar-refractivity contribution in [1.82, 2.24) is 4.90 Å². The van der Waals surface area contributed by atoms with Gasteiger partial charge in [0.15, 0.2) is 0 Å². The zero-order valence-electron chi connectivity index (χ0n) is 17.9. The van der Waals surface area contributed by atoms with Crippen molar-refractivity contribution in [2.75, 3.05) is 13.1 Å². The second kappa shape index (κ2) is 8.34. The van der Waals surface area contributed by atoms with Gasteiger partial charge in [-0.1, -0.05) is 91.0 Å². The molecule has 3 atom stereocenters. The third-order valence-electron chi connectivity index (χ3n) is 7.33. The fourth-order valence-corrected chi connectivity index (χ4v) is 5.78. The lowest BCUT2D eigenvalue weighted by atomic mass is 9.56. The molecular formula is C28H26FNO2. The zero-order chi connectivity index (χ0) is 22.1. The monoisotopic (exact) mass is 427 g/mol. The van der Waals surface area contributed by atoms with Crippen molar-refractivity contribution in [2.24, 2.45) is 11.8 Å². The molecule has 4 heteroatoms. The molecule has 1 aliphatic carbocycles. The van der Waals surface area contributed by atoms with Gasteiger partial charge in [-0.2, -0.15) is 0 Å². The highest BCUT2D eigenvalue weighted by atomic mass is 19.1. The van der Waals surface area contributed by atoms with Crippen molar-refractivity contribution in [2.45, 2.75) is 24.4 Å². The van der Waals surface area contributed by atoms with Crippen LogP contribution < -0.4 is 0 Å². The highest BCUT2D eigenvalue weighted by Crippen LogP contribution is 2.52. The van der Waals surface area contributed by atoms with E-state index in [0.29, 0.717) is 24.9 Å². The van der Waals surface area contributed by atoms with E-state index in [4.69, 9.17) is 0 Å². The summed E-state index contributed by atoms with van der Waals surface area (Å²) >= 11 is 0. The summed E-state index contributed by atoms with van der Waals surface area (Å²) in [5, 5.41) is 0. The Labute approximate surface area is 187 Å². The normalized spacial score (nSPS) is 22.9. The maximum atomic E-state index is 15.1. The molecule has 0 N–H and O–H groups in total. The minimum atomic E-state index is -1.71. The molecule has 0 bridgehead atoms. The van der Waals surface area contributed by atoms with Crippen molar-refractivity contribution >= 4 is 11.7 Å². The summed E-state index contributed by atoms with van der Waals surface area (Å²) in [4.78, 5) is 27.7. The van der Waals surface area contributed by atoms with Crippen LogP contribution in [-0.2, 0) is 15.0 Å². The summed E-state index contributed by atoms with van der Waals surface area (Å²) in [5.74, 6) is -0.729. The van der Waals surface area contributed by atoms with Crippen molar-refractivity contribution in [3.05, 3.63) is 108 Å². The first-order valence-electron chi connectivity index (χ1n) is 11.2. The van der Waals surface area contributed by atoms with Crippen molar-refractivity contribution in [3.63, 3.8) is 0 Å². The first-order chi connectivity index (χ1) is 15.6. The Hall–Kier alpha value is -3.27. The number of ketones is 1. The largest absolute Gasteiger partial charge is 0.339 e.